The minimum atomic E-state index is 0.263. The fraction of sp³-hybridized carbons (Fsp3) is 0.400. The number of rotatable bonds is 1. The number of benzene rings is 1. The van der Waals surface area contributed by atoms with Crippen molar-refractivity contribution in [1.82, 2.24) is 0 Å². The summed E-state index contributed by atoms with van der Waals surface area (Å²) in [5.41, 5.74) is 2.44. The summed E-state index contributed by atoms with van der Waals surface area (Å²) >= 11 is 0. The standard InChI is InChI=1S/C10H13NO/c12-7-8-5-6-11-10-4-2-1-3-9(8)10/h1-4,8,11-12H,5-7H2. The first-order valence-electron chi connectivity index (χ1n) is 4.35. The summed E-state index contributed by atoms with van der Waals surface area (Å²) in [6.45, 7) is 1.24. The van der Waals surface area contributed by atoms with Crippen molar-refractivity contribution in [2.24, 2.45) is 0 Å². The molecule has 1 aliphatic heterocycles. The molecule has 0 aliphatic carbocycles. The van der Waals surface area contributed by atoms with E-state index in [2.05, 4.69) is 17.4 Å². The molecule has 0 saturated heterocycles. The zero-order chi connectivity index (χ0) is 8.39. The molecule has 2 N–H and O–H groups in total. The van der Waals surface area contributed by atoms with Crippen LogP contribution in [0, 0.1) is 0 Å². The number of anilines is 1. The van der Waals surface area contributed by atoms with Gasteiger partial charge < -0.3 is 10.4 Å². The van der Waals surface area contributed by atoms with Gasteiger partial charge in [-0.3, -0.25) is 0 Å². The third-order valence-corrected chi connectivity index (χ3v) is 2.43. The Bertz CT molecular complexity index is 272. The predicted molar refractivity (Wildman–Crippen MR) is 49.4 cm³/mol. The summed E-state index contributed by atoms with van der Waals surface area (Å²) in [6, 6.07) is 8.19. The molecule has 2 heteroatoms. The van der Waals surface area contributed by atoms with Gasteiger partial charge in [-0.1, -0.05) is 18.2 Å². The van der Waals surface area contributed by atoms with E-state index in [1.54, 1.807) is 0 Å². The van der Waals surface area contributed by atoms with Crippen LogP contribution in [0.4, 0.5) is 5.69 Å². The molecule has 0 bridgehead atoms. The second-order valence-electron chi connectivity index (χ2n) is 3.18. The molecule has 0 radical (unpaired) electrons. The van der Waals surface area contributed by atoms with E-state index in [1.807, 2.05) is 12.1 Å². The molecule has 0 aromatic heterocycles. The quantitative estimate of drug-likeness (QED) is 0.658. The highest BCUT2D eigenvalue weighted by Gasteiger charge is 2.17. The molecule has 2 rings (SSSR count). The number of para-hydroxylation sites is 1. The molecule has 2 nitrogen and oxygen atoms in total. The molecule has 1 heterocycles. The zero-order valence-corrected chi connectivity index (χ0v) is 6.96. The third kappa shape index (κ3) is 1.18. The Morgan fingerprint density at radius 2 is 2.25 bits per heavy atom. The van der Waals surface area contributed by atoms with Crippen LogP contribution in [0.5, 0.6) is 0 Å². The van der Waals surface area contributed by atoms with Crippen molar-refractivity contribution in [3.05, 3.63) is 29.8 Å². The highest BCUT2D eigenvalue weighted by molar-refractivity contribution is 5.54. The van der Waals surface area contributed by atoms with Crippen molar-refractivity contribution >= 4 is 5.69 Å². The molecular weight excluding hydrogens is 150 g/mol. The number of fused-ring (bicyclic) bond motifs is 1. The van der Waals surface area contributed by atoms with Gasteiger partial charge in [-0.2, -0.15) is 0 Å². The number of aliphatic hydroxyl groups excluding tert-OH is 1. The molecule has 1 atom stereocenters. The van der Waals surface area contributed by atoms with Gasteiger partial charge in [0.25, 0.3) is 0 Å². The van der Waals surface area contributed by atoms with E-state index in [0.717, 1.165) is 13.0 Å². The van der Waals surface area contributed by atoms with E-state index in [0.29, 0.717) is 5.92 Å². The lowest BCUT2D eigenvalue weighted by Crippen LogP contribution is -2.18. The van der Waals surface area contributed by atoms with Crippen molar-refractivity contribution < 1.29 is 5.11 Å². The van der Waals surface area contributed by atoms with Crippen LogP contribution in [0.1, 0.15) is 17.9 Å². The summed E-state index contributed by atoms with van der Waals surface area (Å²) in [7, 11) is 0. The predicted octanol–water partition coefficient (Wildman–Crippen LogP) is 1.58. The van der Waals surface area contributed by atoms with E-state index in [1.165, 1.54) is 11.3 Å². The summed E-state index contributed by atoms with van der Waals surface area (Å²) in [5.74, 6) is 0.336. The third-order valence-electron chi connectivity index (χ3n) is 2.43. The van der Waals surface area contributed by atoms with Crippen LogP contribution in [-0.4, -0.2) is 18.3 Å². The monoisotopic (exact) mass is 163 g/mol. The van der Waals surface area contributed by atoms with Gasteiger partial charge in [-0.15, -0.1) is 0 Å². The molecule has 0 fully saturated rings. The first kappa shape index (κ1) is 7.62. The van der Waals surface area contributed by atoms with Gasteiger partial charge in [0.2, 0.25) is 0 Å². The fourth-order valence-corrected chi connectivity index (χ4v) is 1.74. The van der Waals surface area contributed by atoms with Crippen LogP contribution in [0.15, 0.2) is 24.3 Å². The lowest BCUT2D eigenvalue weighted by molar-refractivity contribution is 0.259. The van der Waals surface area contributed by atoms with E-state index < -0.39 is 0 Å². The molecular formula is C10H13NO. The second-order valence-corrected chi connectivity index (χ2v) is 3.18. The van der Waals surface area contributed by atoms with Crippen molar-refractivity contribution in [2.75, 3.05) is 18.5 Å². The summed E-state index contributed by atoms with van der Waals surface area (Å²) in [4.78, 5) is 0. The van der Waals surface area contributed by atoms with Gasteiger partial charge in [-0.25, -0.2) is 0 Å². The smallest absolute Gasteiger partial charge is 0.0501 e. The number of nitrogens with one attached hydrogen (secondary N) is 1. The van der Waals surface area contributed by atoms with Gasteiger partial charge >= 0.3 is 0 Å². The average molecular weight is 163 g/mol. The number of aliphatic hydroxyl groups is 1. The normalized spacial score (nSPS) is 21.2. The van der Waals surface area contributed by atoms with Crippen LogP contribution in [-0.2, 0) is 0 Å². The lowest BCUT2D eigenvalue weighted by Gasteiger charge is -2.24. The molecule has 64 valence electrons. The van der Waals surface area contributed by atoms with Crippen LogP contribution < -0.4 is 5.32 Å². The van der Waals surface area contributed by atoms with Crippen molar-refractivity contribution in [3.63, 3.8) is 0 Å². The molecule has 1 aromatic rings. The topological polar surface area (TPSA) is 32.3 Å². The Kier molecular flexibility index (Phi) is 2.00. The minimum Gasteiger partial charge on any atom is -0.396 e. The summed E-state index contributed by atoms with van der Waals surface area (Å²) in [5, 5.41) is 12.4. The largest absolute Gasteiger partial charge is 0.396 e. The molecule has 1 aliphatic rings. The fourth-order valence-electron chi connectivity index (χ4n) is 1.74. The summed E-state index contributed by atoms with van der Waals surface area (Å²) in [6.07, 6.45) is 1.04. The van der Waals surface area contributed by atoms with E-state index in [4.69, 9.17) is 5.11 Å². The number of hydrogen-bond acceptors (Lipinski definition) is 2. The minimum absolute atomic E-state index is 0.263. The molecule has 0 amide bonds. The maximum Gasteiger partial charge on any atom is 0.0501 e. The molecule has 12 heavy (non-hydrogen) atoms. The van der Waals surface area contributed by atoms with Gasteiger partial charge in [0.05, 0.1) is 6.61 Å². The Hall–Kier alpha value is -1.02. The zero-order valence-electron chi connectivity index (χ0n) is 6.96. The van der Waals surface area contributed by atoms with E-state index >= 15 is 0 Å². The van der Waals surface area contributed by atoms with Crippen molar-refractivity contribution in [1.29, 1.82) is 0 Å². The van der Waals surface area contributed by atoms with E-state index in [9.17, 15) is 0 Å². The van der Waals surface area contributed by atoms with Crippen LogP contribution in [0.3, 0.4) is 0 Å². The first-order valence-corrected chi connectivity index (χ1v) is 4.35. The maximum atomic E-state index is 9.11. The second kappa shape index (κ2) is 3.15. The Morgan fingerprint density at radius 3 is 3.08 bits per heavy atom. The molecule has 1 unspecified atom stereocenters. The highest BCUT2D eigenvalue weighted by atomic mass is 16.3. The van der Waals surface area contributed by atoms with E-state index in [-0.39, 0.29) is 6.61 Å². The van der Waals surface area contributed by atoms with Crippen LogP contribution in [0.25, 0.3) is 0 Å². The van der Waals surface area contributed by atoms with Gasteiger partial charge in [0.15, 0.2) is 0 Å². The molecule has 0 spiro atoms. The maximum absolute atomic E-state index is 9.11. The molecule has 0 saturated carbocycles. The van der Waals surface area contributed by atoms with Crippen LogP contribution in [0.2, 0.25) is 0 Å². The van der Waals surface area contributed by atoms with Crippen molar-refractivity contribution in [3.8, 4) is 0 Å². The lowest BCUT2D eigenvalue weighted by atomic mass is 9.92. The summed E-state index contributed by atoms with van der Waals surface area (Å²) < 4.78 is 0. The Balaban J connectivity index is 2.37. The highest BCUT2D eigenvalue weighted by Crippen LogP contribution is 2.30. The first-order chi connectivity index (χ1) is 5.92. The van der Waals surface area contributed by atoms with Crippen LogP contribution >= 0.6 is 0 Å². The van der Waals surface area contributed by atoms with Gasteiger partial charge in [-0.05, 0) is 18.1 Å². The Labute approximate surface area is 72.2 Å². The molecule has 1 aromatic carbocycles. The Morgan fingerprint density at radius 1 is 1.42 bits per heavy atom. The van der Waals surface area contributed by atoms with Gasteiger partial charge in [0, 0.05) is 18.2 Å². The number of hydrogen-bond donors (Lipinski definition) is 2. The van der Waals surface area contributed by atoms with Gasteiger partial charge in [0.1, 0.15) is 0 Å². The van der Waals surface area contributed by atoms with Crippen molar-refractivity contribution in [2.45, 2.75) is 12.3 Å². The SMILES string of the molecule is OCC1CCNc2ccccc21. The average Bonchev–Trinajstić information content (AvgIpc) is 2.17.